The van der Waals surface area contributed by atoms with Crippen LogP contribution in [0.1, 0.15) is 6.92 Å². The van der Waals surface area contributed by atoms with Gasteiger partial charge in [0.2, 0.25) is 11.6 Å². The lowest BCUT2D eigenvalue weighted by Crippen LogP contribution is -2.06. The molecule has 1 aromatic heterocycles. The lowest BCUT2D eigenvalue weighted by atomic mass is 10.2. The maximum atomic E-state index is 11.7. The summed E-state index contributed by atoms with van der Waals surface area (Å²) in [6.07, 6.45) is 1.21. The molecule has 0 spiro atoms. The topological polar surface area (TPSA) is 102 Å². The van der Waals surface area contributed by atoms with Crippen LogP contribution in [0.4, 0.5) is 28.7 Å². The van der Waals surface area contributed by atoms with Crippen LogP contribution in [0.15, 0.2) is 48.8 Å². The van der Waals surface area contributed by atoms with Crippen LogP contribution in [0.5, 0.6) is 5.75 Å². The van der Waals surface area contributed by atoms with Crippen molar-refractivity contribution in [2.24, 2.45) is 0 Å². The minimum atomic E-state index is -0.577. The van der Waals surface area contributed by atoms with E-state index in [4.69, 9.17) is 27.9 Å². The zero-order valence-corrected chi connectivity index (χ0v) is 16.2. The fourth-order valence-electron chi connectivity index (χ4n) is 2.43. The van der Waals surface area contributed by atoms with Gasteiger partial charge in [-0.3, -0.25) is 10.1 Å². The third-order valence-electron chi connectivity index (χ3n) is 3.63. The molecule has 0 bridgehead atoms. The predicted molar refractivity (Wildman–Crippen MR) is 109 cm³/mol. The van der Waals surface area contributed by atoms with Crippen LogP contribution in [-0.2, 0) is 0 Å². The van der Waals surface area contributed by atoms with Gasteiger partial charge in [0.15, 0.2) is 0 Å². The number of para-hydroxylation sites is 2. The second kappa shape index (κ2) is 8.73. The number of rotatable bonds is 7. The number of nitrogens with one attached hydrogen (secondary N) is 2. The van der Waals surface area contributed by atoms with Crippen molar-refractivity contribution in [3.8, 4) is 5.75 Å². The Labute approximate surface area is 170 Å². The lowest BCUT2D eigenvalue weighted by Gasteiger charge is -2.13. The van der Waals surface area contributed by atoms with Crippen molar-refractivity contribution >= 4 is 51.9 Å². The Balaban J connectivity index is 2.01. The Bertz CT molecular complexity index is 1020. The van der Waals surface area contributed by atoms with Crippen LogP contribution in [0.2, 0.25) is 10.0 Å². The molecule has 0 saturated heterocycles. The summed E-state index contributed by atoms with van der Waals surface area (Å²) in [5.41, 5.74) is 0.583. The van der Waals surface area contributed by atoms with Crippen molar-refractivity contribution < 1.29 is 9.66 Å². The number of benzene rings is 2. The van der Waals surface area contributed by atoms with Crippen molar-refractivity contribution in [1.29, 1.82) is 0 Å². The molecule has 144 valence electrons. The summed E-state index contributed by atoms with van der Waals surface area (Å²) in [6.45, 7) is 2.30. The second-order valence-corrected chi connectivity index (χ2v) is 6.32. The summed E-state index contributed by atoms with van der Waals surface area (Å²) >= 11 is 12.1. The summed E-state index contributed by atoms with van der Waals surface area (Å²) < 4.78 is 5.54. The molecule has 0 aliphatic rings. The molecule has 0 aliphatic carbocycles. The Morgan fingerprint density at radius 3 is 2.43 bits per heavy atom. The van der Waals surface area contributed by atoms with E-state index in [0.29, 0.717) is 33.8 Å². The molecule has 3 aromatic rings. The molecule has 3 rings (SSSR count). The molecule has 2 N–H and O–H groups in total. The summed E-state index contributed by atoms with van der Waals surface area (Å²) in [7, 11) is 0. The van der Waals surface area contributed by atoms with Crippen LogP contribution < -0.4 is 15.4 Å². The van der Waals surface area contributed by atoms with Crippen molar-refractivity contribution in [3.05, 3.63) is 69.0 Å². The van der Waals surface area contributed by atoms with Gasteiger partial charge in [0.05, 0.1) is 27.9 Å². The van der Waals surface area contributed by atoms with Gasteiger partial charge in [-0.2, -0.15) is 0 Å². The summed E-state index contributed by atoms with van der Waals surface area (Å²) in [5, 5.41) is 18.3. The number of nitrogens with zero attached hydrogens (tertiary/aromatic N) is 3. The lowest BCUT2D eigenvalue weighted by molar-refractivity contribution is -0.383. The highest BCUT2D eigenvalue weighted by atomic mass is 35.5. The van der Waals surface area contributed by atoms with Gasteiger partial charge >= 0.3 is 5.69 Å². The molecule has 0 fully saturated rings. The van der Waals surface area contributed by atoms with Crippen molar-refractivity contribution in [2.75, 3.05) is 17.2 Å². The molecule has 0 aliphatic heterocycles. The molecular weight excluding hydrogens is 405 g/mol. The fourth-order valence-corrected chi connectivity index (χ4v) is 2.77. The first-order valence-electron chi connectivity index (χ1n) is 8.20. The van der Waals surface area contributed by atoms with Gasteiger partial charge in [0, 0.05) is 5.02 Å². The predicted octanol–water partition coefficient (Wildman–Crippen LogP) is 5.58. The SMILES string of the molecule is CCOc1ccccc1Nc1ncnc(Nc2cc(Cl)ccc2Cl)c1[N+](=O)[O-]. The number of anilines is 4. The molecule has 8 nitrogen and oxygen atoms in total. The van der Waals surface area contributed by atoms with Gasteiger partial charge in [-0.1, -0.05) is 35.3 Å². The van der Waals surface area contributed by atoms with Crippen LogP contribution in [0, 0.1) is 10.1 Å². The van der Waals surface area contributed by atoms with Crippen molar-refractivity contribution in [2.45, 2.75) is 6.92 Å². The highest BCUT2D eigenvalue weighted by Gasteiger charge is 2.24. The number of hydrogen-bond acceptors (Lipinski definition) is 7. The molecule has 0 radical (unpaired) electrons. The first-order chi connectivity index (χ1) is 13.5. The molecule has 0 unspecified atom stereocenters. The van der Waals surface area contributed by atoms with Crippen LogP contribution in [0.3, 0.4) is 0 Å². The van der Waals surface area contributed by atoms with Gasteiger partial charge in [-0.25, -0.2) is 9.97 Å². The van der Waals surface area contributed by atoms with Gasteiger partial charge in [-0.15, -0.1) is 0 Å². The number of ether oxygens (including phenoxy) is 1. The largest absolute Gasteiger partial charge is 0.492 e. The molecule has 0 amide bonds. The monoisotopic (exact) mass is 419 g/mol. The minimum Gasteiger partial charge on any atom is -0.492 e. The average molecular weight is 420 g/mol. The van der Waals surface area contributed by atoms with E-state index in [1.165, 1.54) is 6.33 Å². The third kappa shape index (κ3) is 4.41. The van der Waals surface area contributed by atoms with E-state index in [1.807, 2.05) is 6.92 Å². The van der Waals surface area contributed by atoms with Gasteiger partial charge in [0.1, 0.15) is 12.1 Å². The fraction of sp³-hybridized carbons (Fsp3) is 0.111. The van der Waals surface area contributed by atoms with E-state index < -0.39 is 4.92 Å². The summed E-state index contributed by atoms with van der Waals surface area (Å²) in [6, 6.07) is 11.8. The minimum absolute atomic E-state index is 0.00723. The summed E-state index contributed by atoms with van der Waals surface area (Å²) in [5.74, 6) is 0.527. The van der Waals surface area contributed by atoms with Gasteiger partial charge in [-0.05, 0) is 37.3 Å². The highest BCUT2D eigenvalue weighted by Crippen LogP contribution is 2.37. The molecule has 0 saturated carbocycles. The number of nitro groups is 1. The highest BCUT2D eigenvalue weighted by molar-refractivity contribution is 6.35. The zero-order valence-electron chi connectivity index (χ0n) is 14.6. The quantitative estimate of drug-likeness (QED) is 0.380. The normalized spacial score (nSPS) is 10.4. The van der Waals surface area contributed by atoms with Crippen LogP contribution >= 0.6 is 23.2 Å². The zero-order chi connectivity index (χ0) is 20.1. The standard InChI is InChI=1S/C18H15Cl2N5O3/c1-2-28-15-6-4-3-5-13(15)23-17-16(25(26)27)18(22-10-21-17)24-14-9-11(19)7-8-12(14)20/h3-10H,2H2,1H3,(H2,21,22,23,24). The molecule has 28 heavy (non-hydrogen) atoms. The van der Waals surface area contributed by atoms with Crippen molar-refractivity contribution in [1.82, 2.24) is 9.97 Å². The number of halogens is 2. The van der Waals surface area contributed by atoms with E-state index in [1.54, 1.807) is 42.5 Å². The Kier molecular flexibility index (Phi) is 6.13. The third-order valence-corrected chi connectivity index (χ3v) is 4.19. The molecule has 10 heteroatoms. The van der Waals surface area contributed by atoms with E-state index in [2.05, 4.69) is 20.6 Å². The Hall–Kier alpha value is -3.10. The van der Waals surface area contributed by atoms with E-state index in [0.717, 1.165) is 0 Å². The van der Waals surface area contributed by atoms with E-state index in [9.17, 15) is 10.1 Å². The Morgan fingerprint density at radius 2 is 1.75 bits per heavy atom. The van der Waals surface area contributed by atoms with Gasteiger partial charge in [0.25, 0.3) is 0 Å². The maximum absolute atomic E-state index is 11.7. The molecule has 0 atom stereocenters. The average Bonchev–Trinajstić information content (AvgIpc) is 2.66. The van der Waals surface area contributed by atoms with Crippen LogP contribution in [0.25, 0.3) is 0 Å². The van der Waals surface area contributed by atoms with E-state index in [-0.39, 0.29) is 17.3 Å². The van der Waals surface area contributed by atoms with Crippen molar-refractivity contribution in [3.63, 3.8) is 0 Å². The first kappa shape index (κ1) is 19.7. The number of aromatic nitrogens is 2. The van der Waals surface area contributed by atoms with Crippen LogP contribution in [-0.4, -0.2) is 21.5 Å². The summed E-state index contributed by atoms with van der Waals surface area (Å²) in [4.78, 5) is 19.2. The maximum Gasteiger partial charge on any atom is 0.353 e. The van der Waals surface area contributed by atoms with Gasteiger partial charge < -0.3 is 15.4 Å². The second-order valence-electron chi connectivity index (χ2n) is 5.48. The molecule has 1 heterocycles. The molecule has 2 aromatic carbocycles. The Morgan fingerprint density at radius 1 is 1.07 bits per heavy atom. The smallest absolute Gasteiger partial charge is 0.353 e. The van der Waals surface area contributed by atoms with E-state index >= 15 is 0 Å². The molecular formula is C18H15Cl2N5O3. The first-order valence-corrected chi connectivity index (χ1v) is 8.95. The number of hydrogen-bond donors (Lipinski definition) is 2.